The van der Waals surface area contributed by atoms with E-state index in [1.54, 1.807) is 12.1 Å². The summed E-state index contributed by atoms with van der Waals surface area (Å²) in [7, 11) is 0. The number of furan rings is 1. The molecule has 138 valence electrons. The number of nitrogens with zero attached hydrogens (tertiary/aromatic N) is 1. The molecule has 2 amide bonds. The minimum absolute atomic E-state index is 0.238. The lowest BCUT2D eigenvalue weighted by Gasteiger charge is -2.31. The Labute approximate surface area is 151 Å². The van der Waals surface area contributed by atoms with Gasteiger partial charge in [0.1, 0.15) is 5.76 Å². The number of carbonyl (C=O) groups excluding carboxylic acids is 2. The summed E-state index contributed by atoms with van der Waals surface area (Å²) in [6.07, 6.45) is -0.927. The molecule has 2 aromatic rings. The highest BCUT2D eigenvalue weighted by atomic mass is 16.3. The van der Waals surface area contributed by atoms with Crippen molar-refractivity contribution in [1.29, 1.82) is 0 Å². The fraction of sp³-hybridized carbons (Fsp3) is 0.368. The van der Waals surface area contributed by atoms with Crippen LogP contribution < -0.4 is 5.32 Å². The standard InChI is InChI=1S/C19H22N2O5/c22-16(18(24)20-9-7-15-6-3-11-26-15)17(23)19(25)21-10-8-13-4-1-2-5-14(13)12-21/h1-6,11,16-17,22-23H,7-10,12H2,(H,20,24)/t16-,17-/m1/s1. The molecule has 0 saturated heterocycles. The lowest BCUT2D eigenvalue weighted by molar-refractivity contribution is -0.153. The number of rotatable bonds is 6. The third-order valence-electron chi connectivity index (χ3n) is 4.51. The third kappa shape index (κ3) is 4.12. The molecule has 26 heavy (non-hydrogen) atoms. The molecule has 1 aromatic heterocycles. The van der Waals surface area contributed by atoms with Crippen molar-refractivity contribution in [2.45, 2.75) is 31.6 Å². The molecule has 1 aromatic carbocycles. The number of benzene rings is 1. The largest absolute Gasteiger partial charge is 0.469 e. The van der Waals surface area contributed by atoms with Crippen LogP contribution in [-0.4, -0.2) is 52.2 Å². The Hall–Kier alpha value is -2.64. The van der Waals surface area contributed by atoms with Gasteiger partial charge in [-0.1, -0.05) is 24.3 Å². The van der Waals surface area contributed by atoms with Crippen LogP contribution in [0.3, 0.4) is 0 Å². The highest BCUT2D eigenvalue weighted by Crippen LogP contribution is 2.19. The summed E-state index contributed by atoms with van der Waals surface area (Å²) in [5.74, 6) is -0.730. The zero-order chi connectivity index (χ0) is 18.5. The summed E-state index contributed by atoms with van der Waals surface area (Å²) < 4.78 is 5.15. The van der Waals surface area contributed by atoms with Gasteiger partial charge in [0, 0.05) is 26.1 Å². The van der Waals surface area contributed by atoms with Gasteiger partial charge in [-0.15, -0.1) is 0 Å². The van der Waals surface area contributed by atoms with Crippen LogP contribution in [0.1, 0.15) is 16.9 Å². The molecule has 0 aliphatic carbocycles. The van der Waals surface area contributed by atoms with Crippen LogP contribution in [-0.2, 0) is 29.0 Å². The maximum atomic E-state index is 12.4. The van der Waals surface area contributed by atoms with Crippen molar-refractivity contribution >= 4 is 11.8 Å². The Morgan fingerprint density at radius 3 is 2.62 bits per heavy atom. The van der Waals surface area contributed by atoms with Crippen LogP contribution in [0.2, 0.25) is 0 Å². The molecule has 1 aliphatic heterocycles. The number of nitrogens with one attached hydrogen (secondary N) is 1. The van der Waals surface area contributed by atoms with E-state index in [1.165, 1.54) is 16.7 Å². The summed E-state index contributed by atoms with van der Waals surface area (Å²) in [4.78, 5) is 25.9. The molecule has 0 unspecified atom stereocenters. The van der Waals surface area contributed by atoms with Gasteiger partial charge in [0.15, 0.2) is 12.2 Å². The predicted molar refractivity (Wildman–Crippen MR) is 93.0 cm³/mol. The molecule has 0 fully saturated rings. The van der Waals surface area contributed by atoms with E-state index < -0.39 is 24.0 Å². The number of hydrogen-bond acceptors (Lipinski definition) is 5. The lowest BCUT2D eigenvalue weighted by atomic mass is 9.99. The van der Waals surface area contributed by atoms with E-state index in [1.807, 2.05) is 24.3 Å². The van der Waals surface area contributed by atoms with Gasteiger partial charge in [-0.2, -0.15) is 0 Å². The van der Waals surface area contributed by atoms with Gasteiger partial charge in [-0.25, -0.2) is 0 Å². The maximum Gasteiger partial charge on any atom is 0.255 e. The number of carbonyl (C=O) groups is 2. The average molecular weight is 358 g/mol. The first-order valence-electron chi connectivity index (χ1n) is 8.58. The zero-order valence-electron chi connectivity index (χ0n) is 14.3. The molecule has 7 nitrogen and oxygen atoms in total. The van der Waals surface area contributed by atoms with E-state index in [2.05, 4.69) is 5.32 Å². The second-order valence-corrected chi connectivity index (χ2v) is 6.29. The van der Waals surface area contributed by atoms with Crippen LogP contribution in [0.15, 0.2) is 47.1 Å². The van der Waals surface area contributed by atoms with Crippen molar-refractivity contribution in [1.82, 2.24) is 10.2 Å². The fourth-order valence-electron chi connectivity index (χ4n) is 3.02. The average Bonchev–Trinajstić information content (AvgIpc) is 3.19. The van der Waals surface area contributed by atoms with Crippen molar-refractivity contribution in [2.24, 2.45) is 0 Å². The van der Waals surface area contributed by atoms with Crippen LogP contribution in [0.5, 0.6) is 0 Å². The van der Waals surface area contributed by atoms with Crippen LogP contribution in [0.4, 0.5) is 0 Å². The first-order chi connectivity index (χ1) is 12.6. The van der Waals surface area contributed by atoms with E-state index in [0.29, 0.717) is 31.7 Å². The molecule has 0 radical (unpaired) electrons. The van der Waals surface area contributed by atoms with Gasteiger partial charge in [-0.05, 0) is 29.7 Å². The summed E-state index contributed by atoms with van der Waals surface area (Å²) in [6, 6.07) is 11.3. The Bertz CT molecular complexity index is 759. The van der Waals surface area contributed by atoms with Crippen molar-refractivity contribution < 1.29 is 24.2 Å². The molecule has 0 spiro atoms. The smallest absolute Gasteiger partial charge is 0.255 e. The van der Waals surface area contributed by atoms with Gasteiger partial charge in [-0.3, -0.25) is 9.59 Å². The van der Waals surface area contributed by atoms with Gasteiger partial charge >= 0.3 is 0 Å². The molecule has 7 heteroatoms. The molecule has 0 saturated carbocycles. The Morgan fingerprint density at radius 1 is 1.12 bits per heavy atom. The van der Waals surface area contributed by atoms with Crippen molar-refractivity contribution in [2.75, 3.05) is 13.1 Å². The molecular weight excluding hydrogens is 336 g/mol. The lowest BCUT2D eigenvalue weighted by Crippen LogP contribution is -2.51. The Balaban J connectivity index is 1.51. The molecule has 3 rings (SSSR count). The number of aliphatic hydroxyl groups excluding tert-OH is 2. The van der Waals surface area contributed by atoms with Gasteiger partial charge < -0.3 is 24.8 Å². The third-order valence-corrected chi connectivity index (χ3v) is 4.51. The normalized spacial score (nSPS) is 15.8. The van der Waals surface area contributed by atoms with Crippen LogP contribution in [0.25, 0.3) is 0 Å². The van der Waals surface area contributed by atoms with E-state index in [0.717, 1.165) is 5.56 Å². The van der Waals surface area contributed by atoms with Crippen molar-refractivity contribution in [3.8, 4) is 0 Å². The van der Waals surface area contributed by atoms with Gasteiger partial charge in [0.25, 0.3) is 11.8 Å². The molecule has 0 bridgehead atoms. The number of amides is 2. The molecule has 2 atom stereocenters. The summed E-state index contributed by atoms with van der Waals surface area (Å²) in [5.41, 5.74) is 2.18. The van der Waals surface area contributed by atoms with Crippen LogP contribution >= 0.6 is 0 Å². The highest BCUT2D eigenvalue weighted by molar-refractivity contribution is 5.90. The monoisotopic (exact) mass is 358 g/mol. The molecule has 1 aliphatic rings. The van der Waals surface area contributed by atoms with Crippen molar-refractivity contribution in [3.05, 3.63) is 59.5 Å². The predicted octanol–water partition coefficient (Wildman–Crippen LogP) is 0.245. The first kappa shape index (κ1) is 18.2. The van der Waals surface area contributed by atoms with Gasteiger partial charge in [0.2, 0.25) is 0 Å². The second kappa shape index (κ2) is 8.16. The number of aliphatic hydroxyl groups is 2. The maximum absolute atomic E-state index is 12.4. The van der Waals surface area contributed by atoms with E-state index >= 15 is 0 Å². The van der Waals surface area contributed by atoms with E-state index in [-0.39, 0.29) is 6.54 Å². The Morgan fingerprint density at radius 2 is 1.88 bits per heavy atom. The minimum atomic E-state index is -1.81. The summed E-state index contributed by atoms with van der Waals surface area (Å²) in [5, 5.41) is 22.6. The second-order valence-electron chi connectivity index (χ2n) is 6.29. The van der Waals surface area contributed by atoms with Crippen LogP contribution in [0, 0.1) is 0 Å². The van der Waals surface area contributed by atoms with Crippen molar-refractivity contribution in [3.63, 3.8) is 0 Å². The molecule has 3 N–H and O–H groups in total. The quantitative estimate of drug-likeness (QED) is 0.687. The summed E-state index contributed by atoms with van der Waals surface area (Å²) >= 11 is 0. The fourth-order valence-corrected chi connectivity index (χ4v) is 3.02. The van der Waals surface area contributed by atoms with Gasteiger partial charge in [0.05, 0.1) is 6.26 Å². The minimum Gasteiger partial charge on any atom is -0.469 e. The SMILES string of the molecule is O=C(NCCc1ccco1)[C@H](O)[C@@H](O)C(=O)N1CCc2ccccc2C1. The van der Waals surface area contributed by atoms with E-state index in [4.69, 9.17) is 4.42 Å². The first-order valence-corrected chi connectivity index (χ1v) is 8.58. The number of fused-ring (bicyclic) bond motifs is 1. The molecule has 2 heterocycles. The highest BCUT2D eigenvalue weighted by Gasteiger charge is 2.34. The zero-order valence-corrected chi connectivity index (χ0v) is 14.3. The van der Waals surface area contributed by atoms with E-state index in [9.17, 15) is 19.8 Å². The Kier molecular flexibility index (Phi) is 5.70. The topological polar surface area (TPSA) is 103 Å². The summed E-state index contributed by atoms with van der Waals surface area (Å²) in [6.45, 7) is 1.04. The molecular formula is C19H22N2O5. The number of hydrogen-bond donors (Lipinski definition) is 3.